The maximum atomic E-state index is 2.35. The predicted octanol–water partition coefficient (Wildman–Crippen LogP) is 5.57. The van der Waals surface area contributed by atoms with E-state index in [-0.39, 0.29) is 0 Å². The Labute approximate surface area is 118 Å². The molecule has 0 aromatic rings. The fraction of sp³-hybridized carbons (Fsp3) is 1.00. The molecule has 98 valence electrons. The van der Waals surface area contributed by atoms with Gasteiger partial charge in [-0.2, -0.15) is 0 Å². The first kappa shape index (κ1) is 17.9. The zero-order valence-electron chi connectivity index (χ0n) is 12.2. The van der Waals surface area contributed by atoms with Crippen LogP contribution >= 0.6 is 25.6 Å². The second-order valence-corrected chi connectivity index (χ2v) is 34.9. The summed E-state index contributed by atoms with van der Waals surface area (Å²) in [6.45, 7) is 21.2. The average Bonchev–Trinajstić information content (AvgIpc) is 1.70. The van der Waals surface area contributed by atoms with Gasteiger partial charge in [-0.1, -0.05) is 0 Å². The van der Waals surface area contributed by atoms with Gasteiger partial charge in [-0.05, 0) is 0 Å². The minimum absolute atomic E-state index is 0.425. The van der Waals surface area contributed by atoms with Crippen LogP contribution in [0.3, 0.4) is 0 Å². The molecule has 0 spiro atoms. The topological polar surface area (TPSA) is 0 Å². The molecule has 0 nitrogen and oxygen atoms in total. The van der Waals surface area contributed by atoms with E-state index in [0.717, 1.165) is 0 Å². The van der Waals surface area contributed by atoms with Crippen molar-refractivity contribution < 1.29 is 0 Å². The Balaban J connectivity index is 4.53. The van der Waals surface area contributed by atoms with E-state index < -0.39 is 17.4 Å². The molecule has 0 bridgehead atoms. The van der Waals surface area contributed by atoms with Gasteiger partial charge in [0, 0.05) is 0 Å². The Kier molecular flexibility index (Phi) is 7.16. The van der Waals surface area contributed by atoms with Crippen molar-refractivity contribution in [3.8, 4) is 0 Å². The van der Waals surface area contributed by atoms with E-state index >= 15 is 0 Å². The van der Waals surface area contributed by atoms with Gasteiger partial charge in [0.25, 0.3) is 0 Å². The van der Waals surface area contributed by atoms with E-state index in [2.05, 4.69) is 87.9 Å². The summed E-state index contributed by atoms with van der Waals surface area (Å²) in [5.41, 5.74) is 0. The van der Waals surface area contributed by atoms with E-state index in [0.29, 0.717) is 14.2 Å². The molecule has 0 aromatic carbocycles. The summed E-state index contributed by atoms with van der Waals surface area (Å²) in [7, 11) is 6.86. The molecular weight excluding hydrogens is 449 g/mol. The first-order valence-corrected chi connectivity index (χ1v) is 20.8. The molecule has 0 N–H and O–H groups in total. The molecule has 0 aliphatic carbocycles. The molecule has 0 fully saturated rings. The minimum atomic E-state index is -1.54. The van der Waals surface area contributed by atoms with Crippen LogP contribution in [0.25, 0.3) is 0 Å². The van der Waals surface area contributed by atoms with Gasteiger partial charge >= 0.3 is 119 Å². The van der Waals surface area contributed by atoms with Gasteiger partial charge in [-0.25, -0.2) is 0 Å². The third-order valence-electron chi connectivity index (χ3n) is 1.05. The van der Waals surface area contributed by atoms with E-state index in [1.165, 1.54) is 0 Å². The summed E-state index contributed by atoms with van der Waals surface area (Å²) in [6, 6.07) is 0. The molecule has 4 heteroatoms. The van der Waals surface area contributed by atoms with Crippen LogP contribution in [0.15, 0.2) is 0 Å². The molecule has 0 aromatic heterocycles. The fourth-order valence-corrected chi connectivity index (χ4v) is 57.4. The SMILES string of the molecule is CC(C)(C)[S][Bi]([S]C(C)(C)C)[S]C(C)(C)C. The van der Waals surface area contributed by atoms with Crippen molar-refractivity contribution >= 4 is 42.9 Å². The van der Waals surface area contributed by atoms with Crippen molar-refractivity contribution in [1.82, 2.24) is 0 Å². The van der Waals surface area contributed by atoms with Gasteiger partial charge < -0.3 is 0 Å². The van der Waals surface area contributed by atoms with Crippen LogP contribution in [0, 0.1) is 0 Å². The maximum absolute atomic E-state index is 2.35. The predicted molar refractivity (Wildman–Crippen MR) is 87.8 cm³/mol. The fourth-order valence-electron chi connectivity index (χ4n) is 0.727. The molecule has 0 heterocycles. The Morgan fingerprint density at radius 3 is 0.812 bits per heavy atom. The van der Waals surface area contributed by atoms with Crippen LogP contribution in [0.5, 0.6) is 0 Å². The zero-order chi connectivity index (χ0) is 13.2. The normalized spacial score (nSPS) is 14.6. The van der Waals surface area contributed by atoms with Crippen molar-refractivity contribution in [2.75, 3.05) is 0 Å². The number of hydrogen-bond acceptors (Lipinski definition) is 3. The quantitative estimate of drug-likeness (QED) is 0.489. The molecule has 0 unspecified atom stereocenters. The third kappa shape index (κ3) is 12.4. The van der Waals surface area contributed by atoms with E-state index in [1.807, 2.05) is 0 Å². The zero-order valence-corrected chi connectivity index (χ0v) is 18.1. The van der Waals surface area contributed by atoms with Crippen molar-refractivity contribution in [3.63, 3.8) is 0 Å². The number of rotatable bonds is 3. The van der Waals surface area contributed by atoms with Crippen LogP contribution in [-0.2, 0) is 0 Å². The first-order valence-electron chi connectivity index (χ1n) is 5.66. The molecular formula is C12H27BiS3. The first-order chi connectivity index (χ1) is 6.79. The van der Waals surface area contributed by atoms with Crippen LogP contribution in [0.1, 0.15) is 62.3 Å². The molecule has 0 saturated heterocycles. The van der Waals surface area contributed by atoms with E-state index in [9.17, 15) is 0 Å². The second-order valence-electron chi connectivity index (χ2n) is 6.83. The van der Waals surface area contributed by atoms with E-state index in [4.69, 9.17) is 0 Å². The molecule has 0 saturated carbocycles. The van der Waals surface area contributed by atoms with Gasteiger partial charge in [-0.15, -0.1) is 0 Å². The molecule has 16 heavy (non-hydrogen) atoms. The average molecular weight is 477 g/mol. The Hall–Kier alpha value is 1.93. The molecule has 0 aliphatic rings. The van der Waals surface area contributed by atoms with Crippen molar-refractivity contribution in [2.24, 2.45) is 0 Å². The Bertz CT molecular complexity index is 170. The summed E-state index contributed by atoms with van der Waals surface area (Å²) in [5, 5.41) is 0. The van der Waals surface area contributed by atoms with Crippen molar-refractivity contribution in [2.45, 2.75) is 76.6 Å². The van der Waals surface area contributed by atoms with Gasteiger partial charge in [0.15, 0.2) is 0 Å². The third-order valence-corrected chi connectivity index (χ3v) is 39.3. The number of hydrogen-bond donors (Lipinski definition) is 0. The summed E-state index contributed by atoms with van der Waals surface area (Å²) in [4.78, 5) is 0. The summed E-state index contributed by atoms with van der Waals surface area (Å²) < 4.78 is 1.28. The Morgan fingerprint density at radius 1 is 0.500 bits per heavy atom. The van der Waals surface area contributed by atoms with Gasteiger partial charge in [-0.3, -0.25) is 0 Å². The summed E-state index contributed by atoms with van der Waals surface area (Å²) in [5.74, 6) is 0. The standard InChI is InChI=1S/3C4H10S.Bi/c3*1-4(2,3)5;/h3*5H,1-3H3;/q;;;+3/p-3. The van der Waals surface area contributed by atoms with Gasteiger partial charge in [0.1, 0.15) is 0 Å². The summed E-state index contributed by atoms with van der Waals surface area (Å²) in [6.07, 6.45) is 0. The van der Waals surface area contributed by atoms with Crippen LogP contribution in [0.2, 0.25) is 0 Å². The van der Waals surface area contributed by atoms with Crippen molar-refractivity contribution in [1.29, 1.82) is 0 Å². The molecule has 0 atom stereocenters. The molecule has 0 aliphatic heterocycles. The molecule has 0 rings (SSSR count). The second kappa shape index (κ2) is 6.39. The van der Waals surface area contributed by atoms with Gasteiger partial charge in [0.2, 0.25) is 0 Å². The summed E-state index contributed by atoms with van der Waals surface area (Å²) >= 11 is -1.54. The molecule has 0 radical (unpaired) electrons. The van der Waals surface area contributed by atoms with Crippen LogP contribution < -0.4 is 0 Å². The monoisotopic (exact) mass is 476 g/mol. The Morgan fingerprint density at radius 2 is 0.688 bits per heavy atom. The van der Waals surface area contributed by atoms with Crippen LogP contribution in [0.4, 0.5) is 0 Å². The van der Waals surface area contributed by atoms with Crippen LogP contribution in [-0.4, -0.2) is 31.6 Å². The van der Waals surface area contributed by atoms with Crippen molar-refractivity contribution in [3.05, 3.63) is 0 Å². The molecule has 0 amide bonds. The van der Waals surface area contributed by atoms with Gasteiger partial charge in [0.05, 0.1) is 0 Å². The van der Waals surface area contributed by atoms with E-state index in [1.54, 1.807) is 0 Å².